The van der Waals surface area contributed by atoms with Crippen LogP contribution in [-0.2, 0) is 21.1 Å². The van der Waals surface area contributed by atoms with Crippen LogP contribution in [0.1, 0.15) is 5.56 Å². The number of thioether (sulfide) groups is 1. The number of amidine groups is 1. The summed E-state index contributed by atoms with van der Waals surface area (Å²) < 4.78 is 40.8. The van der Waals surface area contributed by atoms with E-state index in [0.717, 1.165) is 5.56 Å². The molecule has 0 aliphatic carbocycles. The van der Waals surface area contributed by atoms with Gasteiger partial charge in [-0.1, -0.05) is 41.6 Å². The van der Waals surface area contributed by atoms with Gasteiger partial charge in [0.05, 0.1) is 56.0 Å². The smallest absolute Gasteiger partial charge is 0.252 e. The van der Waals surface area contributed by atoms with E-state index in [1.54, 1.807) is 30.2 Å². The van der Waals surface area contributed by atoms with Crippen LogP contribution < -0.4 is 19.1 Å². The molecule has 0 bridgehead atoms. The maximum absolute atomic E-state index is 12.9. The lowest BCUT2D eigenvalue weighted by atomic mass is 10.1. The molecule has 2 aliphatic rings. The molecule has 0 N–H and O–H groups in total. The highest BCUT2D eigenvalue weighted by molar-refractivity contribution is 8.16. The number of halogens is 1. The van der Waals surface area contributed by atoms with Crippen LogP contribution in [0.25, 0.3) is 0 Å². The summed E-state index contributed by atoms with van der Waals surface area (Å²) in [4.78, 5) is 19.0. The lowest BCUT2D eigenvalue weighted by Crippen LogP contribution is -2.38. The molecule has 8 nitrogen and oxygen atoms in total. The zero-order valence-corrected chi connectivity index (χ0v) is 20.7. The van der Waals surface area contributed by atoms with Crippen LogP contribution >= 0.6 is 23.4 Å². The van der Waals surface area contributed by atoms with Crippen LogP contribution in [0.5, 0.6) is 17.2 Å². The van der Waals surface area contributed by atoms with Crippen molar-refractivity contribution in [3.63, 3.8) is 0 Å². The molecule has 4 rings (SSSR count). The van der Waals surface area contributed by atoms with Crippen molar-refractivity contribution in [1.82, 2.24) is 0 Å². The molecule has 2 fully saturated rings. The number of hydrogen-bond acceptors (Lipinski definition) is 7. The minimum Gasteiger partial charge on any atom is -0.496 e. The number of carbonyl (C=O) groups excluding carboxylic acids is 1. The summed E-state index contributed by atoms with van der Waals surface area (Å²) in [6.07, 6.45) is 0.0516. The van der Waals surface area contributed by atoms with E-state index >= 15 is 0 Å². The molecule has 2 atom stereocenters. The molecule has 2 aromatic carbocycles. The summed E-state index contributed by atoms with van der Waals surface area (Å²) in [5, 5.41) is 0.500. The van der Waals surface area contributed by atoms with E-state index in [1.807, 2.05) is 18.2 Å². The van der Waals surface area contributed by atoms with Crippen molar-refractivity contribution in [3.8, 4) is 17.2 Å². The zero-order valence-electron chi connectivity index (χ0n) is 18.3. The highest BCUT2D eigenvalue weighted by Gasteiger charge is 2.50. The number of sulfone groups is 1. The third-order valence-electron chi connectivity index (χ3n) is 5.53. The van der Waals surface area contributed by atoms with Crippen LogP contribution in [0.4, 0.5) is 5.69 Å². The van der Waals surface area contributed by atoms with Gasteiger partial charge in [0.1, 0.15) is 17.2 Å². The van der Waals surface area contributed by atoms with Crippen LogP contribution in [0.3, 0.4) is 0 Å². The molecule has 2 aliphatic heterocycles. The fourth-order valence-electron chi connectivity index (χ4n) is 4.04. The van der Waals surface area contributed by atoms with Crippen molar-refractivity contribution >= 4 is 50.0 Å². The summed E-state index contributed by atoms with van der Waals surface area (Å²) in [6.45, 7) is 0. The van der Waals surface area contributed by atoms with Crippen molar-refractivity contribution < 1.29 is 27.4 Å². The second-order valence-corrected chi connectivity index (χ2v) is 11.4. The van der Waals surface area contributed by atoms with Gasteiger partial charge in [-0.2, -0.15) is 4.99 Å². The SMILES string of the molecule is COc1cc(OC)c(N2C(=NC(=O)Cc3ccccc3OC)SC3CS(=O)(=O)CC32)cc1Cl. The summed E-state index contributed by atoms with van der Waals surface area (Å²) in [5.41, 5.74) is 1.25. The predicted molar refractivity (Wildman–Crippen MR) is 130 cm³/mol. The van der Waals surface area contributed by atoms with Gasteiger partial charge in [-0.05, 0) is 12.1 Å². The summed E-state index contributed by atoms with van der Waals surface area (Å²) in [7, 11) is 1.33. The van der Waals surface area contributed by atoms with Gasteiger partial charge in [0.25, 0.3) is 5.91 Å². The summed E-state index contributed by atoms with van der Waals surface area (Å²) in [6, 6.07) is 10.1. The minimum absolute atomic E-state index is 0.0186. The minimum atomic E-state index is -3.22. The van der Waals surface area contributed by atoms with Gasteiger partial charge in [-0.25, -0.2) is 8.42 Å². The van der Waals surface area contributed by atoms with Gasteiger partial charge < -0.3 is 19.1 Å². The molecule has 1 amide bonds. The summed E-state index contributed by atoms with van der Waals surface area (Å²) in [5.74, 6) is 1.07. The molecule has 0 saturated carbocycles. The van der Waals surface area contributed by atoms with E-state index in [-0.39, 0.29) is 29.1 Å². The van der Waals surface area contributed by atoms with Crippen LogP contribution in [0.15, 0.2) is 41.4 Å². The molecule has 0 spiro atoms. The monoisotopic (exact) mass is 510 g/mol. The maximum atomic E-state index is 12.9. The van der Waals surface area contributed by atoms with Gasteiger partial charge in [0.2, 0.25) is 0 Å². The Morgan fingerprint density at radius 1 is 1.09 bits per heavy atom. The Morgan fingerprint density at radius 2 is 1.79 bits per heavy atom. The molecule has 0 radical (unpaired) electrons. The molecule has 176 valence electrons. The molecule has 0 aromatic heterocycles. The van der Waals surface area contributed by atoms with Crippen molar-refractivity contribution in [1.29, 1.82) is 0 Å². The zero-order chi connectivity index (χ0) is 23.8. The number of hydrogen-bond donors (Lipinski definition) is 0. The van der Waals surface area contributed by atoms with Crippen molar-refractivity contribution in [2.75, 3.05) is 37.7 Å². The van der Waals surface area contributed by atoms with Crippen LogP contribution in [0, 0.1) is 0 Å². The molecule has 2 saturated heterocycles. The Hall–Kier alpha value is -2.43. The van der Waals surface area contributed by atoms with Gasteiger partial charge in [0, 0.05) is 16.9 Å². The highest BCUT2D eigenvalue weighted by Crippen LogP contribution is 2.46. The number of anilines is 1. The standard InChI is InChI=1S/C22H23ClN2O6S2/c1-29-17-7-5-4-6-13(17)8-21(26)24-22-25(16-11-33(27,28)12-20(16)32-22)15-9-14(23)18(30-2)10-19(15)31-3/h4-7,9-10,16,20H,8,11-12H2,1-3H3. The van der Waals surface area contributed by atoms with Gasteiger partial charge in [-0.3, -0.25) is 4.79 Å². The molecular formula is C22H23ClN2O6S2. The lowest BCUT2D eigenvalue weighted by Gasteiger charge is -2.27. The van der Waals surface area contributed by atoms with Crippen molar-refractivity contribution in [2.24, 2.45) is 4.99 Å². The van der Waals surface area contributed by atoms with E-state index in [2.05, 4.69) is 4.99 Å². The number of para-hydroxylation sites is 1. The normalized spacial score (nSPS) is 22.3. The first kappa shape index (κ1) is 23.7. The average molecular weight is 511 g/mol. The number of aliphatic imine (C=N–C) groups is 1. The van der Waals surface area contributed by atoms with Crippen molar-refractivity contribution in [3.05, 3.63) is 47.0 Å². The number of carbonyl (C=O) groups is 1. The van der Waals surface area contributed by atoms with Crippen LogP contribution in [-0.4, -0.2) is 63.6 Å². The fraction of sp³-hybridized carbons (Fsp3) is 0.364. The fourth-order valence-corrected chi connectivity index (χ4v) is 8.20. The second-order valence-electron chi connectivity index (χ2n) is 7.61. The Kier molecular flexibility index (Phi) is 6.78. The number of methoxy groups -OCH3 is 3. The number of nitrogens with zero attached hydrogens (tertiary/aromatic N) is 2. The first-order valence-corrected chi connectivity index (χ1v) is 13.2. The second kappa shape index (κ2) is 9.44. The summed E-state index contributed by atoms with van der Waals surface area (Å²) >= 11 is 7.66. The third-order valence-corrected chi connectivity index (χ3v) is 9.04. The van der Waals surface area contributed by atoms with Gasteiger partial charge in [0.15, 0.2) is 15.0 Å². The lowest BCUT2D eigenvalue weighted by molar-refractivity contribution is -0.117. The quantitative estimate of drug-likeness (QED) is 0.584. The highest BCUT2D eigenvalue weighted by atomic mass is 35.5. The number of amides is 1. The molecular weight excluding hydrogens is 488 g/mol. The third kappa shape index (κ3) is 4.78. The maximum Gasteiger partial charge on any atom is 0.252 e. The Bertz CT molecular complexity index is 1220. The van der Waals surface area contributed by atoms with Crippen LogP contribution in [0.2, 0.25) is 5.02 Å². The Labute approximate surface area is 201 Å². The number of fused-ring (bicyclic) bond motifs is 1. The first-order valence-electron chi connectivity index (χ1n) is 10.1. The Morgan fingerprint density at radius 3 is 2.48 bits per heavy atom. The van der Waals surface area contributed by atoms with E-state index in [9.17, 15) is 13.2 Å². The molecule has 11 heteroatoms. The molecule has 33 heavy (non-hydrogen) atoms. The molecule has 2 aromatic rings. The van der Waals surface area contributed by atoms with E-state index in [0.29, 0.717) is 33.1 Å². The average Bonchev–Trinajstić information content (AvgIpc) is 3.24. The number of ether oxygens (including phenoxy) is 3. The molecule has 2 unspecified atom stereocenters. The van der Waals surface area contributed by atoms with E-state index in [1.165, 1.54) is 26.0 Å². The van der Waals surface area contributed by atoms with Gasteiger partial charge in [-0.15, -0.1) is 0 Å². The number of rotatable bonds is 6. The number of benzene rings is 2. The first-order chi connectivity index (χ1) is 15.8. The topological polar surface area (TPSA) is 94.5 Å². The van der Waals surface area contributed by atoms with E-state index < -0.39 is 15.9 Å². The molecule has 2 heterocycles. The van der Waals surface area contributed by atoms with Gasteiger partial charge >= 0.3 is 0 Å². The Balaban J connectivity index is 1.73. The largest absolute Gasteiger partial charge is 0.496 e. The van der Waals surface area contributed by atoms with E-state index in [4.69, 9.17) is 25.8 Å². The predicted octanol–water partition coefficient (Wildman–Crippen LogP) is 3.21. The van der Waals surface area contributed by atoms with Crippen molar-refractivity contribution in [2.45, 2.75) is 17.7 Å².